The maximum atomic E-state index is 13.9. The minimum absolute atomic E-state index is 0.109. The van der Waals surface area contributed by atoms with Gasteiger partial charge in [0.1, 0.15) is 23.8 Å². The lowest BCUT2D eigenvalue weighted by atomic mass is 10.2. The van der Waals surface area contributed by atoms with Gasteiger partial charge < -0.3 is 4.90 Å². The highest BCUT2D eigenvalue weighted by Gasteiger charge is 2.31. The Morgan fingerprint density at radius 1 is 1.08 bits per heavy atom. The molecule has 0 atom stereocenters. The van der Waals surface area contributed by atoms with Gasteiger partial charge in [-0.2, -0.15) is 26.3 Å². The van der Waals surface area contributed by atoms with Crippen molar-refractivity contribution in [2.24, 2.45) is 4.99 Å². The van der Waals surface area contributed by atoms with Crippen LogP contribution in [0.1, 0.15) is 12.0 Å². The molecule has 0 aliphatic carbocycles. The quantitative estimate of drug-likeness (QED) is 0.305. The number of aryl methyl sites for hydroxylation is 1. The molecule has 1 aromatic rings. The Kier molecular flexibility index (Phi) is 6.54. The zero-order valence-electron chi connectivity index (χ0n) is 13.0. The zero-order valence-corrected chi connectivity index (χ0v) is 13.8. The molecule has 0 unspecified atom stereocenters. The molecule has 0 N–H and O–H groups in total. The Morgan fingerprint density at radius 3 is 2.12 bits per heavy atom. The number of amidine groups is 1. The fourth-order valence-electron chi connectivity index (χ4n) is 1.66. The number of nitrogens with zero attached hydrogens (tertiary/aromatic N) is 2. The number of hydrogen-bond acceptors (Lipinski definition) is 2. The van der Waals surface area contributed by atoms with Crippen LogP contribution in [0.15, 0.2) is 22.0 Å². The lowest BCUT2D eigenvalue weighted by molar-refractivity contribution is -0.122. The van der Waals surface area contributed by atoms with Crippen LogP contribution in [0.4, 0.5) is 36.4 Å². The lowest BCUT2D eigenvalue weighted by Gasteiger charge is -2.18. The van der Waals surface area contributed by atoms with E-state index in [4.69, 9.17) is 0 Å². The highest BCUT2D eigenvalue weighted by molar-refractivity contribution is 7.99. The van der Waals surface area contributed by atoms with Gasteiger partial charge in [0.15, 0.2) is 0 Å². The number of hydrogen-bond donors (Lipinski definition) is 0. The molecule has 136 valence electrons. The fourth-order valence-corrected chi connectivity index (χ4v) is 2.46. The Morgan fingerprint density at radius 2 is 1.67 bits per heavy atom. The van der Waals surface area contributed by atoms with Gasteiger partial charge in [-0.1, -0.05) is 0 Å². The lowest BCUT2D eigenvalue weighted by Crippen LogP contribution is -2.27. The van der Waals surface area contributed by atoms with Crippen LogP contribution in [0, 0.1) is 12.7 Å². The molecule has 0 bridgehead atoms. The van der Waals surface area contributed by atoms with E-state index in [0.29, 0.717) is 11.8 Å². The highest BCUT2D eigenvalue weighted by atomic mass is 32.2. The molecule has 0 radical (unpaired) electrons. The second-order valence-corrected chi connectivity index (χ2v) is 6.20. The van der Waals surface area contributed by atoms with E-state index in [0.717, 1.165) is 17.0 Å². The van der Waals surface area contributed by atoms with E-state index in [1.807, 2.05) is 0 Å². The van der Waals surface area contributed by atoms with Gasteiger partial charge in [-0.25, -0.2) is 9.38 Å². The van der Waals surface area contributed by atoms with Crippen molar-refractivity contribution in [3.8, 4) is 0 Å². The zero-order chi connectivity index (χ0) is 18.7. The summed E-state index contributed by atoms with van der Waals surface area (Å²) in [4.78, 5) is 4.83. The second-order valence-electron chi connectivity index (χ2n) is 5.19. The Balaban J connectivity index is 3.19. The molecule has 0 fully saturated rings. The minimum Gasteiger partial charge on any atom is -0.366 e. The van der Waals surface area contributed by atoms with Crippen LogP contribution in [0.3, 0.4) is 0 Å². The van der Waals surface area contributed by atoms with E-state index < -0.39 is 41.9 Å². The molecule has 2 nitrogen and oxygen atoms in total. The summed E-state index contributed by atoms with van der Waals surface area (Å²) in [6.45, 7) is 1.41. The summed E-state index contributed by atoms with van der Waals surface area (Å²) in [5.74, 6) is -2.53. The molecule has 0 amide bonds. The maximum Gasteiger partial charge on any atom is 0.398 e. The van der Waals surface area contributed by atoms with E-state index in [9.17, 15) is 30.7 Å². The molecule has 0 saturated heterocycles. The Labute approximate surface area is 138 Å². The van der Waals surface area contributed by atoms with Gasteiger partial charge in [0.25, 0.3) is 0 Å². The van der Waals surface area contributed by atoms with Crippen LogP contribution < -0.4 is 0 Å². The Hall–Kier alpha value is -1.45. The number of rotatable bonds is 4. The van der Waals surface area contributed by atoms with Gasteiger partial charge >= 0.3 is 12.4 Å². The number of aliphatic imine (C=N–C) groups is 1. The molecule has 0 aliphatic rings. The van der Waals surface area contributed by atoms with Crippen LogP contribution >= 0.6 is 11.8 Å². The summed E-state index contributed by atoms with van der Waals surface area (Å²) in [6.07, 6.45) is -10.3. The number of alkyl halides is 6. The summed E-state index contributed by atoms with van der Waals surface area (Å²) >= 11 is 0.429. The molecule has 0 aromatic heterocycles. The molecular weight excluding hydrogens is 361 g/mol. The first-order chi connectivity index (χ1) is 10.8. The summed E-state index contributed by atoms with van der Waals surface area (Å²) in [5.41, 5.74) is -0.179. The third-order valence-electron chi connectivity index (χ3n) is 2.76. The van der Waals surface area contributed by atoms with Crippen molar-refractivity contribution in [1.29, 1.82) is 0 Å². The number of halogens is 7. The van der Waals surface area contributed by atoms with Crippen LogP contribution in [-0.2, 0) is 0 Å². The van der Waals surface area contributed by atoms with Crippen LogP contribution in [-0.4, -0.2) is 42.9 Å². The van der Waals surface area contributed by atoms with Crippen molar-refractivity contribution in [2.75, 3.05) is 19.8 Å². The first kappa shape index (κ1) is 20.6. The first-order valence-corrected chi connectivity index (χ1v) is 7.58. The van der Waals surface area contributed by atoms with Gasteiger partial charge in [-0.15, -0.1) is 11.8 Å². The smallest absolute Gasteiger partial charge is 0.366 e. The van der Waals surface area contributed by atoms with Crippen LogP contribution in [0.5, 0.6) is 0 Å². The molecule has 0 spiro atoms. The average Bonchev–Trinajstić information content (AvgIpc) is 2.36. The molecule has 0 heterocycles. The van der Waals surface area contributed by atoms with Crippen molar-refractivity contribution >= 4 is 23.3 Å². The molecular formula is C14H15F7N2S. The van der Waals surface area contributed by atoms with Crippen molar-refractivity contribution < 1.29 is 30.7 Å². The monoisotopic (exact) mass is 376 g/mol. The van der Waals surface area contributed by atoms with E-state index in [2.05, 4.69) is 4.99 Å². The van der Waals surface area contributed by atoms with Crippen molar-refractivity contribution in [2.45, 2.75) is 30.6 Å². The van der Waals surface area contributed by atoms with E-state index in [1.165, 1.54) is 21.0 Å². The van der Waals surface area contributed by atoms with Crippen molar-refractivity contribution in [3.63, 3.8) is 0 Å². The number of benzene rings is 1. The van der Waals surface area contributed by atoms with E-state index in [1.54, 1.807) is 0 Å². The van der Waals surface area contributed by atoms with Gasteiger partial charge in [0, 0.05) is 19.0 Å². The Bertz CT molecular complexity index is 606. The molecule has 24 heavy (non-hydrogen) atoms. The highest BCUT2D eigenvalue weighted by Crippen LogP contribution is 2.34. The summed E-state index contributed by atoms with van der Waals surface area (Å²) in [5, 5.41) is 0. The summed E-state index contributed by atoms with van der Waals surface area (Å²) in [7, 11) is 2.63. The van der Waals surface area contributed by atoms with Gasteiger partial charge in [0.05, 0.1) is 5.75 Å². The largest absolute Gasteiger partial charge is 0.398 e. The fraction of sp³-hybridized carbons (Fsp3) is 0.500. The van der Waals surface area contributed by atoms with Gasteiger partial charge in [0.2, 0.25) is 0 Å². The SMILES string of the molecule is Cc1cc(F)c(N=C(CC(F)(F)F)N(C)C)cc1SCC(F)(F)F. The van der Waals surface area contributed by atoms with E-state index >= 15 is 0 Å². The van der Waals surface area contributed by atoms with Crippen LogP contribution in [0.25, 0.3) is 0 Å². The molecule has 0 aliphatic heterocycles. The number of thioether (sulfide) groups is 1. The van der Waals surface area contributed by atoms with Gasteiger partial charge in [-0.05, 0) is 24.6 Å². The third kappa shape index (κ3) is 6.98. The summed E-state index contributed by atoms with van der Waals surface area (Å²) < 4.78 is 88.4. The topological polar surface area (TPSA) is 15.6 Å². The second kappa shape index (κ2) is 7.62. The third-order valence-corrected chi connectivity index (χ3v) is 3.98. The standard InChI is InChI=1S/C14H15F7N2S/c1-8-4-9(15)10(5-11(8)24-7-14(19,20)21)22-12(23(2)3)6-13(16,17)18/h4-5H,6-7H2,1-3H3. The normalized spacial score (nSPS) is 13.3. The summed E-state index contributed by atoms with van der Waals surface area (Å²) in [6, 6.07) is 1.99. The predicted octanol–water partition coefficient (Wildman–Crippen LogP) is 5.33. The molecule has 1 aromatic carbocycles. The van der Waals surface area contributed by atoms with Gasteiger partial charge in [-0.3, -0.25) is 0 Å². The predicted molar refractivity (Wildman–Crippen MR) is 79.4 cm³/mol. The van der Waals surface area contributed by atoms with E-state index in [-0.39, 0.29) is 10.5 Å². The maximum absolute atomic E-state index is 13.9. The molecule has 10 heteroatoms. The van der Waals surface area contributed by atoms with Crippen molar-refractivity contribution in [3.05, 3.63) is 23.5 Å². The molecule has 0 saturated carbocycles. The van der Waals surface area contributed by atoms with Crippen LogP contribution in [0.2, 0.25) is 0 Å². The first-order valence-electron chi connectivity index (χ1n) is 6.60. The molecule has 1 rings (SSSR count). The average molecular weight is 376 g/mol. The van der Waals surface area contributed by atoms with Crippen molar-refractivity contribution in [1.82, 2.24) is 4.90 Å². The minimum atomic E-state index is -4.54.